The first-order valence-corrected chi connectivity index (χ1v) is 9.45. The molecule has 1 saturated heterocycles. The SMILES string of the molecule is Cc1cccc(NC(=O)C2CCCN(C(=O)c3c(C)oc(C)c3Br)C2)n1. The summed E-state index contributed by atoms with van der Waals surface area (Å²) >= 11 is 3.43. The summed E-state index contributed by atoms with van der Waals surface area (Å²) in [6, 6.07) is 5.51. The van der Waals surface area contributed by atoms with Crippen LogP contribution >= 0.6 is 15.9 Å². The quantitative estimate of drug-likeness (QED) is 0.819. The van der Waals surface area contributed by atoms with Crippen LogP contribution < -0.4 is 5.32 Å². The fourth-order valence-electron chi connectivity index (χ4n) is 3.28. The van der Waals surface area contributed by atoms with E-state index in [1.165, 1.54) is 0 Å². The van der Waals surface area contributed by atoms with E-state index in [4.69, 9.17) is 4.42 Å². The molecule has 3 rings (SSSR count). The lowest BCUT2D eigenvalue weighted by Gasteiger charge is -2.32. The molecule has 1 N–H and O–H groups in total. The lowest BCUT2D eigenvalue weighted by Crippen LogP contribution is -2.44. The third-order valence-corrected chi connectivity index (χ3v) is 5.57. The summed E-state index contributed by atoms with van der Waals surface area (Å²) in [7, 11) is 0. The van der Waals surface area contributed by atoms with Gasteiger partial charge in [0.15, 0.2) is 0 Å². The largest absolute Gasteiger partial charge is 0.465 e. The van der Waals surface area contributed by atoms with Gasteiger partial charge in [0.25, 0.3) is 5.91 Å². The third kappa shape index (κ3) is 3.82. The summed E-state index contributed by atoms with van der Waals surface area (Å²) in [5, 5.41) is 2.86. The number of pyridine rings is 1. The van der Waals surface area contributed by atoms with Gasteiger partial charge in [-0.05, 0) is 61.7 Å². The predicted octanol–water partition coefficient (Wildman–Crippen LogP) is 3.85. The molecule has 1 fully saturated rings. The van der Waals surface area contributed by atoms with Crippen molar-refractivity contribution in [1.29, 1.82) is 0 Å². The number of aryl methyl sites for hydroxylation is 3. The Hall–Kier alpha value is -2.15. The molecule has 3 heterocycles. The van der Waals surface area contributed by atoms with Crippen LogP contribution in [0.4, 0.5) is 5.82 Å². The van der Waals surface area contributed by atoms with E-state index in [-0.39, 0.29) is 17.7 Å². The Morgan fingerprint density at radius 2 is 2.04 bits per heavy atom. The smallest absolute Gasteiger partial charge is 0.258 e. The van der Waals surface area contributed by atoms with Crippen LogP contribution in [0.15, 0.2) is 27.1 Å². The van der Waals surface area contributed by atoms with E-state index in [0.29, 0.717) is 40.5 Å². The van der Waals surface area contributed by atoms with Gasteiger partial charge < -0.3 is 14.6 Å². The van der Waals surface area contributed by atoms with E-state index in [0.717, 1.165) is 18.5 Å². The normalized spacial score (nSPS) is 17.2. The van der Waals surface area contributed by atoms with Gasteiger partial charge in [0.05, 0.1) is 16.0 Å². The highest BCUT2D eigenvalue weighted by molar-refractivity contribution is 9.10. The van der Waals surface area contributed by atoms with Gasteiger partial charge in [-0.15, -0.1) is 0 Å². The molecule has 7 heteroatoms. The van der Waals surface area contributed by atoms with Crippen LogP contribution in [0.5, 0.6) is 0 Å². The molecule has 2 aromatic heterocycles. The van der Waals surface area contributed by atoms with E-state index in [2.05, 4.69) is 26.2 Å². The van der Waals surface area contributed by atoms with Crippen molar-refractivity contribution in [1.82, 2.24) is 9.88 Å². The Balaban J connectivity index is 1.70. The number of furan rings is 1. The fraction of sp³-hybridized carbons (Fsp3) is 0.421. The maximum absolute atomic E-state index is 12.9. The number of hydrogen-bond acceptors (Lipinski definition) is 4. The van der Waals surface area contributed by atoms with Crippen LogP contribution in [0.2, 0.25) is 0 Å². The number of aromatic nitrogens is 1. The van der Waals surface area contributed by atoms with Crippen molar-refractivity contribution in [2.45, 2.75) is 33.6 Å². The number of nitrogens with one attached hydrogen (secondary N) is 1. The zero-order valence-electron chi connectivity index (χ0n) is 15.1. The number of rotatable bonds is 3. The minimum atomic E-state index is -0.248. The van der Waals surface area contributed by atoms with Gasteiger partial charge in [-0.3, -0.25) is 9.59 Å². The molecule has 2 amide bonds. The number of carbonyl (C=O) groups is 2. The van der Waals surface area contributed by atoms with Gasteiger partial charge >= 0.3 is 0 Å². The van der Waals surface area contributed by atoms with Gasteiger partial charge in [-0.25, -0.2) is 4.98 Å². The highest BCUT2D eigenvalue weighted by atomic mass is 79.9. The Bertz CT molecular complexity index is 847. The van der Waals surface area contributed by atoms with Crippen molar-refractivity contribution in [3.63, 3.8) is 0 Å². The van der Waals surface area contributed by atoms with Gasteiger partial charge in [-0.2, -0.15) is 0 Å². The first kappa shape index (κ1) is 18.6. The molecule has 0 spiro atoms. The first-order valence-electron chi connectivity index (χ1n) is 8.66. The molecule has 0 bridgehead atoms. The van der Waals surface area contributed by atoms with Gasteiger partial charge in [0.1, 0.15) is 17.3 Å². The van der Waals surface area contributed by atoms with Crippen molar-refractivity contribution in [3.05, 3.63) is 45.4 Å². The van der Waals surface area contributed by atoms with Crippen LogP contribution in [0.3, 0.4) is 0 Å². The second kappa shape index (κ2) is 7.61. The third-order valence-electron chi connectivity index (χ3n) is 4.62. The predicted molar refractivity (Wildman–Crippen MR) is 102 cm³/mol. The average Bonchev–Trinajstić information content (AvgIpc) is 2.86. The molecule has 1 unspecified atom stereocenters. The monoisotopic (exact) mass is 419 g/mol. The van der Waals surface area contributed by atoms with Gasteiger partial charge in [0, 0.05) is 18.8 Å². The molecule has 6 nitrogen and oxygen atoms in total. The van der Waals surface area contributed by atoms with E-state index in [1.54, 1.807) is 17.9 Å². The topological polar surface area (TPSA) is 75.4 Å². The summed E-state index contributed by atoms with van der Waals surface area (Å²) < 4.78 is 6.23. The highest BCUT2D eigenvalue weighted by Gasteiger charge is 2.31. The van der Waals surface area contributed by atoms with Crippen LogP contribution in [-0.2, 0) is 4.79 Å². The van der Waals surface area contributed by atoms with Crippen molar-refractivity contribution in [3.8, 4) is 0 Å². The van der Waals surface area contributed by atoms with Crippen LogP contribution in [-0.4, -0.2) is 34.8 Å². The second-order valence-electron chi connectivity index (χ2n) is 6.65. The summed E-state index contributed by atoms with van der Waals surface area (Å²) in [5.41, 5.74) is 1.39. The molecular formula is C19H22BrN3O3. The maximum atomic E-state index is 12.9. The molecule has 1 atom stereocenters. The standard InChI is InChI=1S/C19H22BrN3O3/c1-11-6-4-8-15(21-11)22-18(24)14-7-5-9-23(10-14)19(25)16-12(2)26-13(3)17(16)20/h4,6,8,14H,5,7,9-10H2,1-3H3,(H,21,22,24). The molecule has 0 aromatic carbocycles. The van der Waals surface area contributed by atoms with Crippen LogP contribution in [0.25, 0.3) is 0 Å². The minimum Gasteiger partial charge on any atom is -0.465 e. The number of likely N-dealkylation sites (tertiary alicyclic amines) is 1. The van der Waals surface area contributed by atoms with Crippen molar-refractivity contribution < 1.29 is 14.0 Å². The van der Waals surface area contributed by atoms with Crippen molar-refractivity contribution >= 4 is 33.6 Å². The maximum Gasteiger partial charge on any atom is 0.258 e. The number of piperidine rings is 1. The molecule has 0 radical (unpaired) electrons. The van der Waals surface area contributed by atoms with Gasteiger partial charge in [-0.1, -0.05) is 6.07 Å². The van der Waals surface area contributed by atoms with E-state index in [1.807, 2.05) is 26.0 Å². The Morgan fingerprint density at radius 1 is 1.27 bits per heavy atom. The number of amides is 2. The number of anilines is 1. The summed E-state index contributed by atoms with van der Waals surface area (Å²) in [5.74, 6) is 1.37. The van der Waals surface area contributed by atoms with E-state index < -0.39 is 0 Å². The van der Waals surface area contributed by atoms with Gasteiger partial charge in [0.2, 0.25) is 5.91 Å². The number of carbonyl (C=O) groups excluding carboxylic acids is 2. The van der Waals surface area contributed by atoms with Crippen molar-refractivity contribution in [2.24, 2.45) is 5.92 Å². The zero-order chi connectivity index (χ0) is 18.8. The fourth-order valence-corrected chi connectivity index (χ4v) is 3.80. The van der Waals surface area contributed by atoms with E-state index >= 15 is 0 Å². The Kier molecular flexibility index (Phi) is 5.46. The first-order chi connectivity index (χ1) is 12.4. The number of nitrogens with zero attached hydrogens (tertiary/aromatic N) is 2. The summed E-state index contributed by atoms with van der Waals surface area (Å²) in [6.07, 6.45) is 1.55. The zero-order valence-corrected chi connectivity index (χ0v) is 16.7. The molecule has 1 aliphatic rings. The molecule has 0 aliphatic carbocycles. The average molecular weight is 420 g/mol. The van der Waals surface area contributed by atoms with Crippen LogP contribution in [0, 0.1) is 26.7 Å². The molecule has 1 aliphatic heterocycles. The highest BCUT2D eigenvalue weighted by Crippen LogP contribution is 2.30. The summed E-state index contributed by atoms with van der Waals surface area (Å²) in [6.45, 7) is 6.51. The van der Waals surface area contributed by atoms with Crippen LogP contribution in [0.1, 0.15) is 40.4 Å². The lowest BCUT2D eigenvalue weighted by atomic mass is 9.96. The molecule has 0 saturated carbocycles. The number of halogens is 1. The molecule has 2 aromatic rings. The second-order valence-corrected chi connectivity index (χ2v) is 7.44. The molecule has 26 heavy (non-hydrogen) atoms. The van der Waals surface area contributed by atoms with E-state index in [9.17, 15) is 9.59 Å². The molecule has 138 valence electrons. The lowest BCUT2D eigenvalue weighted by molar-refractivity contribution is -0.121. The molecular weight excluding hydrogens is 398 g/mol. The number of hydrogen-bond donors (Lipinski definition) is 1. The summed E-state index contributed by atoms with van der Waals surface area (Å²) in [4.78, 5) is 31.6. The minimum absolute atomic E-state index is 0.0974. The Morgan fingerprint density at radius 3 is 2.69 bits per heavy atom. The Labute approximate surface area is 161 Å². The van der Waals surface area contributed by atoms with Crippen molar-refractivity contribution in [2.75, 3.05) is 18.4 Å².